The van der Waals surface area contributed by atoms with Crippen LogP contribution in [0.1, 0.15) is 63.0 Å². The molecule has 1 aliphatic rings. The molecule has 196 valence electrons. The predicted molar refractivity (Wildman–Crippen MR) is 145 cm³/mol. The molecule has 0 bridgehead atoms. The summed E-state index contributed by atoms with van der Waals surface area (Å²) in [5, 5.41) is 7.69. The fourth-order valence-electron chi connectivity index (χ4n) is 4.77. The highest BCUT2D eigenvalue weighted by Gasteiger charge is 2.41. The van der Waals surface area contributed by atoms with Gasteiger partial charge in [0.1, 0.15) is 11.3 Å². The van der Waals surface area contributed by atoms with Crippen molar-refractivity contribution in [3.8, 4) is 22.5 Å². The Morgan fingerprint density at radius 3 is 2.29 bits per heavy atom. The fraction of sp³-hybridized carbons (Fsp3) is 0.333. The van der Waals surface area contributed by atoms with Crippen molar-refractivity contribution in [1.29, 1.82) is 0 Å². The first-order chi connectivity index (χ1) is 18.2. The molecule has 0 saturated heterocycles. The highest BCUT2D eigenvalue weighted by Crippen LogP contribution is 2.42. The Balaban J connectivity index is 1.53. The molecular weight excluding hydrogens is 480 g/mol. The number of alkyl carbamates (subject to hydrolysis) is 1. The summed E-state index contributed by atoms with van der Waals surface area (Å²) >= 11 is 0. The molecule has 0 aliphatic heterocycles. The molecule has 4 aromatic rings. The lowest BCUT2D eigenvalue weighted by Gasteiger charge is -2.43. The van der Waals surface area contributed by atoms with E-state index in [4.69, 9.17) is 14.5 Å². The van der Waals surface area contributed by atoms with Crippen molar-refractivity contribution >= 4 is 17.7 Å². The lowest BCUT2D eigenvalue weighted by molar-refractivity contribution is 0.0376. The Hall–Kier alpha value is -4.20. The number of rotatable bonds is 6. The third-order valence-corrected chi connectivity index (χ3v) is 6.67. The van der Waals surface area contributed by atoms with Crippen LogP contribution in [0.3, 0.4) is 0 Å². The van der Waals surface area contributed by atoms with Gasteiger partial charge >= 0.3 is 12.1 Å². The molecular formula is C30H32N4O4. The van der Waals surface area contributed by atoms with E-state index in [1.54, 1.807) is 23.6 Å². The second-order valence-electron chi connectivity index (χ2n) is 10.5. The molecule has 2 aromatic carbocycles. The summed E-state index contributed by atoms with van der Waals surface area (Å²) < 4.78 is 12.4. The average Bonchev–Trinajstić information content (AvgIpc) is 3.25. The Bertz CT molecular complexity index is 1470. The Labute approximate surface area is 222 Å². The van der Waals surface area contributed by atoms with E-state index in [2.05, 4.69) is 10.4 Å². The van der Waals surface area contributed by atoms with Crippen LogP contribution in [-0.2, 0) is 15.0 Å². The number of imidazole rings is 1. The van der Waals surface area contributed by atoms with E-state index in [0.29, 0.717) is 5.65 Å². The zero-order chi connectivity index (χ0) is 26.9. The maximum Gasteiger partial charge on any atom is 0.408 e. The summed E-state index contributed by atoms with van der Waals surface area (Å²) in [6, 6.07) is 21.4. The van der Waals surface area contributed by atoms with Gasteiger partial charge in [0.15, 0.2) is 11.3 Å². The van der Waals surface area contributed by atoms with Gasteiger partial charge in [0, 0.05) is 11.1 Å². The third kappa shape index (κ3) is 4.98. The Kier molecular flexibility index (Phi) is 6.65. The molecule has 0 atom stereocenters. The van der Waals surface area contributed by atoms with Crippen molar-refractivity contribution in [3.05, 3.63) is 78.0 Å². The predicted octanol–water partition coefficient (Wildman–Crippen LogP) is 6.14. The quantitative estimate of drug-likeness (QED) is 0.312. The largest absolute Gasteiger partial charge is 0.461 e. The molecule has 38 heavy (non-hydrogen) atoms. The molecule has 8 nitrogen and oxygen atoms in total. The average molecular weight is 513 g/mol. The normalized spacial score (nSPS) is 14.5. The molecule has 1 fully saturated rings. The van der Waals surface area contributed by atoms with Crippen LogP contribution in [-0.4, -0.2) is 38.9 Å². The highest BCUT2D eigenvalue weighted by molar-refractivity contribution is 5.88. The van der Waals surface area contributed by atoms with Crippen molar-refractivity contribution < 1.29 is 19.1 Å². The summed E-state index contributed by atoms with van der Waals surface area (Å²) in [5.41, 5.74) is 4.25. The van der Waals surface area contributed by atoms with Crippen LogP contribution in [0, 0.1) is 0 Å². The van der Waals surface area contributed by atoms with Crippen LogP contribution in [0.2, 0.25) is 0 Å². The lowest BCUT2D eigenvalue weighted by Crippen LogP contribution is -2.52. The minimum atomic E-state index is -0.559. The van der Waals surface area contributed by atoms with Gasteiger partial charge in [-0.3, -0.25) is 0 Å². The second kappa shape index (κ2) is 9.93. The third-order valence-electron chi connectivity index (χ3n) is 6.67. The minimum absolute atomic E-state index is 0.218. The van der Waals surface area contributed by atoms with Gasteiger partial charge in [-0.1, -0.05) is 54.6 Å². The molecule has 2 heterocycles. The van der Waals surface area contributed by atoms with Crippen LogP contribution in [0.15, 0.2) is 66.7 Å². The number of hydrogen-bond donors (Lipinski definition) is 1. The van der Waals surface area contributed by atoms with Crippen molar-refractivity contribution in [2.75, 3.05) is 6.61 Å². The highest BCUT2D eigenvalue weighted by atomic mass is 16.6. The monoisotopic (exact) mass is 512 g/mol. The van der Waals surface area contributed by atoms with Gasteiger partial charge in [0.05, 0.1) is 17.8 Å². The number of fused-ring (bicyclic) bond motifs is 1. The number of nitrogens with one attached hydrogen (secondary N) is 1. The van der Waals surface area contributed by atoms with Gasteiger partial charge in [0.2, 0.25) is 0 Å². The number of carbonyl (C=O) groups is 2. The topological polar surface area (TPSA) is 94.8 Å². The number of amides is 1. The van der Waals surface area contributed by atoms with E-state index in [1.165, 1.54) is 0 Å². The molecule has 0 spiro atoms. The first-order valence-electron chi connectivity index (χ1n) is 12.9. The van der Waals surface area contributed by atoms with Gasteiger partial charge in [-0.2, -0.15) is 5.10 Å². The summed E-state index contributed by atoms with van der Waals surface area (Å²) in [6.45, 7) is 7.62. The molecule has 2 aromatic heterocycles. The van der Waals surface area contributed by atoms with Crippen molar-refractivity contribution in [3.63, 3.8) is 0 Å². The van der Waals surface area contributed by atoms with Gasteiger partial charge in [-0.25, -0.2) is 19.1 Å². The molecule has 5 rings (SSSR count). The van der Waals surface area contributed by atoms with E-state index >= 15 is 0 Å². The van der Waals surface area contributed by atoms with Crippen LogP contribution >= 0.6 is 0 Å². The number of ether oxygens (including phenoxy) is 2. The number of nitrogens with zero attached hydrogens (tertiary/aromatic N) is 3. The standard InChI is InChI=1S/C30H32N4O4/c1-5-37-27(35)23-16-17-24-31-25(26(34(24)33-23)21-10-7-6-8-11-21)20-12-14-22(15-13-20)30(18-9-19-30)32-28(36)38-29(2,3)4/h6-8,10-17H,5,9,18-19H2,1-4H3,(H,32,36). The summed E-state index contributed by atoms with van der Waals surface area (Å²) in [5.74, 6) is -0.476. The zero-order valence-electron chi connectivity index (χ0n) is 22.2. The van der Waals surface area contributed by atoms with Crippen LogP contribution in [0.4, 0.5) is 4.79 Å². The van der Waals surface area contributed by atoms with Gasteiger partial charge in [0.25, 0.3) is 0 Å². The molecule has 1 N–H and O–H groups in total. The van der Waals surface area contributed by atoms with E-state index in [1.807, 2.05) is 75.4 Å². The summed E-state index contributed by atoms with van der Waals surface area (Å²) in [4.78, 5) is 29.8. The fourth-order valence-corrected chi connectivity index (χ4v) is 4.77. The maximum atomic E-state index is 12.6. The first-order valence-corrected chi connectivity index (χ1v) is 12.9. The van der Waals surface area contributed by atoms with E-state index in [9.17, 15) is 9.59 Å². The van der Waals surface area contributed by atoms with Crippen LogP contribution < -0.4 is 5.32 Å². The Morgan fingerprint density at radius 2 is 1.68 bits per heavy atom. The van der Waals surface area contributed by atoms with Gasteiger partial charge in [-0.05, 0) is 64.7 Å². The zero-order valence-corrected chi connectivity index (χ0v) is 22.2. The second-order valence-corrected chi connectivity index (χ2v) is 10.5. The number of aromatic nitrogens is 3. The minimum Gasteiger partial charge on any atom is -0.461 e. The molecule has 1 saturated carbocycles. The number of benzene rings is 2. The number of hydrogen-bond acceptors (Lipinski definition) is 6. The van der Waals surface area contributed by atoms with Gasteiger partial charge < -0.3 is 14.8 Å². The molecule has 8 heteroatoms. The Morgan fingerprint density at radius 1 is 0.974 bits per heavy atom. The smallest absolute Gasteiger partial charge is 0.408 e. The number of esters is 1. The van der Waals surface area contributed by atoms with E-state index in [0.717, 1.165) is 47.3 Å². The van der Waals surface area contributed by atoms with Crippen molar-refractivity contribution in [2.45, 2.75) is 58.1 Å². The lowest BCUT2D eigenvalue weighted by atomic mass is 9.71. The summed E-state index contributed by atoms with van der Waals surface area (Å²) in [6.07, 6.45) is 2.35. The molecule has 1 amide bonds. The van der Waals surface area contributed by atoms with Gasteiger partial charge in [-0.15, -0.1) is 0 Å². The van der Waals surface area contributed by atoms with Crippen LogP contribution in [0.5, 0.6) is 0 Å². The molecule has 0 radical (unpaired) electrons. The van der Waals surface area contributed by atoms with Crippen molar-refractivity contribution in [1.82, 2.24) is 19.9 Å². The number of carbonyl (C=O) groups excluding carboxylic acids is 2. The SMILES string of the molecule is CCOC(=O)c1ccc2nc(-c3ccc(C4(NC(=O)OC(C)(C)C)CCC4)cc3)c(-c3ccccc3)n2n1. The van der Waals surface area contributed by atoms with Crippen molar-refractivity contribution in [2.24, 2.45) is 0 Å². The maximum absolute atomic E-state index is 12.6. The first kappa shape index (κ1) is 25.4. The van der Waals surface area contributed by atoms with E-state index in [-0.39, 0.29) is 12.3 Å². The molecule has 1 aliphatic carbocycles. The van der Waals surface area contributed by atoms with Crippen LogP contribution in [0.25, 0.3) is 28.2 Å². The molecule has 0 unspecified atom stereocenters. The summed E-state index contributed by atoms with van der Waals surface area (Å²) in [7, 11) is 0. The van der Waals surface area contributed by atoms with E-state index < -0.39 is 23.2 Å².